The Morgan fingerprint density at radius 3 is 2.55 bits per heavy atom. The number of rotatable bonds is 15. The highest BCUT2D eigenvalue weighted by Gasteiger charge is 2.40. The molecular weight excluding hydrogens is 723 g/mol. The fourth-order valence-corrected chi connectivity index (χ4v) is 7.80. The van der Waals surface area contributed by atoms with Crippen LogP contribution >= 0.6 is 0 Å². The Bertz CT molecular complexity index is 1920. The zero-order chi connectivity index (χ0) is 39.0. The van der Waals surface area contributed by atoms with Crippen LogP contribution in [0.3, 0.4) is 0 Å². The highest BCUT2D eigenvalue weighted by atomic mass is 19.1. The molecule has 2 fully saturated rings. The summed E-state index contributed by atoms with van der Waals surface area (Å²) in [5, 5.41) is 29.3. The van der Waals surface area contributed by atoms with E-state index >= 15 is 0 Å². The Labute approximate surface area is 325 Å². The molecule has 2 saturated heterocycles. The predicted molar refractivity (Wildman–Crippen MR) is 205 cm³/mol. The SMILES string of the molecule is COCCCN1CCOc2ccc(COC3CN(C(=O)c4cccc(CON(O)O)c4)CC(O)C3c3ccc(OC4CCN(c5cccc(F)c5)C4)cc3)cc21. The van der Waals surface area contributed by atoms with Crippen LogP contribution in [0.25, 0.3) is 0 Å². The first-order chi connectivity index (χ1) is 27.2. The minimum Gasteiger partial charge on any atom is -0.490 e. The lowest BCUT2D eigenvalue weighted by Gasteiger charge is -2.42. The number of ether oxygens (including phenoxy) is 4. The summed E-state index contributed by atoms with van der Waals surface area (Å²) < 4.78 is 38.1. The van der Waals surface area contributed by atoms with Crippen LogP contribution in [0.1, 0.15) is 45.8 Å². The molecule has 4 atom stereocenters. The van der Waals surface area contributed by atoms with Gasteiger partial charge in [0.15, 0.2) is 0 Å². The van der Waals surface area contributed by atoms with Gasteiger partial charge in [-0.25, -0.2) is 9.23 Å². The Kier molecular flexibility index (Phi) is 13.0. The van der Waals surface area contributed by atoms with Crippen LogP contribution < -0.4 is 19.3 Å². The van der Waals surface area contributed by atoms with E-state index in [4.69, 9.17) is 34.2 Å². The summed E-state index contributed by atoms with van der Waals surface area (Å²) in [6.45, 7) is 4.66. The van der Waals surface area contributed by atoms with Gasteiger partial charge in [0, 0.05) is 63.5 Å². The molecule has 3 aliphatic heterocycles. The fraction of sp³-hybridized carbons (Fsp3) is 0.405. The van der Waals surface area contributed by atoms with Crippen LogP contribution in [0.15, 0.2) is 91.0 Å². The molecule has 4 aromatic carbocycles. The highest BCUT2D eigenvalue weighted by molar-refractivity contribution is 5.94. The Morgan fingerprint density at radius 1 is 0.929 bits per heavy atom. The number of hydrogen-bond donors (Lipinski definition) is 3. The predicted octanol–water partition coefficient (Wildman–Crippen LogP) is 5.42. The number of amides is 1. The van der Waals surface area contributed by atoms with Crippen molar-refractivity contribution in [3.63, 3.8) is 0 Å². The summed E-state index contributed by atoms with van der Waals surface area (Å²) in [6.07, 6.45) is 0.108. The first-order valence-corrected chi connectivity index (χ1v) is 19.0. The molecular formula is C42H49FN4O9. The molecule has 0 aliphatic carbocycles. The molecule has 7 rings (SSSR count). The van der Waals surface area contributed by atoms with Gasteiger partial charge in [0.2, 0.25) is 0 Å². The normalized spacial score (nSPS) is 20.9. The van der Waals surface area contributed by atoms with Crippen molar-refractivity contribution in [3.05, 3.63) is 119 Å². The average molecular weight is 773 g/mol. The molecule has 3 heterocycles. The number of methoxy groups -OCH3 is 1. The van der Waals surface area contributed by atoms with Crippen molar-refractivity contribution < 1.29 is 48.5 Å². The number of hydrogen-bond acceptors (Lipinski definition) is 12. The molecule has 0 saturated carbocycles. The summed E-state index contributed by atoms with van der Waals surface area (Å²) in [4.78, 5) is 24.6. The number of carbonyl (C=O) groups is 1. The molecule has 4 aromatic rings. The molecule has 298 valence electrons. The Morgan fingerprint density at radius 2 is 1.75 bits per heavy atom. The van der Waals surface area contributed by atoms with Crippen molar-refractivity contribution in [3.8, 4) is 11.5 Å². The van der Waals surface area contributed by atoms with E-state index in [1.165, 1.54) is 12.1 Å². The molecule has 14 heteroatoms. The number of nitrogens with zero attached hydrogens (tertiary/aromatic N) is 4. The van der Waals surface area contributed by atoms with Crippen molar-refractivity contribution in [2.75, 3.05) is 69.4 Å². The molecule has 0 aromatic heterocycles. The number of aliphatic hydroxyl groups is 1. The average Bonchev–Trinajstić information content (AvgIpc) is 3.68. The Hall–Kier alpha value is -4.80. The topological polar surface area (TPSA) is 137 Å². The van der Waals surface area contributed by atoms with Gasteiger partial charge < -0.3 is 38.8 Å². The fourth-order valence-electron chi connectivity index (χ4n) is 7.80. The van der Waals surface area contributed by atoms with Crippen LogP contribution in [0.4, 0.5) is 15.8 Å². The van der Waals surface area contributed by atoms with Crippen LogP contribution in [0, 0.1) is 5.82 Å². The number of fused-ring (bicyclic) bond motifs is 1. The van der Waals surface area contributed by atoms with Gasteiger partial charge >= 0.3 is 0 Å². The zero-order valence-corrected chi connectivity index (χ0v) is 31.4. The summed E-state index contributed by atoms with van der Waals surface area (Å²) >= 11 is 0. The smallest absolute Gasteiger partial charge is 0.254 e. The Balaban J connectivity index is 1.07. The number of piperidine rings is 1. The van der Waals surface area contributed by atoms with E-state index in [1.807, 2.05) is 42.5 Å². The van der Waals surface area contributed by atoms with Crippen molar-refractivity contribution in [2.24, 2.45) is 0 Å². The van der Waals surface area contributed by atoms with Gasteiger partial charge in [-0.3, -0.25) is 15.2 Å². The number of likely N-dealkylation sites (tertiary alicyclic amines) is 1. The summed E-state index contributed by atoms with van der Waals surface area (Å²) in [5.41, 5.74) is 4.55. The lowest BCUT2D eigenvalue weighted by Crippen LogP contribution is -2.53. The van der Waals surface area contributed by atoms with E-state index in [2.05, 4.69) is 15.9 Å². The molecule has 3 N–H and O–H groups in total. The van der Waals surface area contributed by atoms with Crippen LogP contribution in [-0.4, -0.2) is 110 Å². The number of anilines is 2. The van der Waals surface area contributed by atoms with E-state index in [0.717, 1.165) is 60.7 Å². The van der Waals surface area contributed by atoms with Crippen molar-refractivity contribution in [1.82, 2.24) is 10.3 Å². The van der Waals surface area contributed by atoms with Gasteiger partial charge in [0.1, 0.15) is 30.0 Å². The molecule has 13 nitrogen and oxygen atoms in total. The third kappa shape index (κ3) is 9.76. The second kappa shape index (κ2) is 18.4. The quantitative estimate of drug-likeness (QED) is 0.105. The van der Waals surface area contributed by atoms with E-state index in [-0.39, 0.29) is 49.5 Å². The molecule has 56 heavy (non-hydrogen) atoms. The summed E-state index contributed by atoms with van der Waals surface area (Å²) in [5.74, 6) is 0.501. The number of halogens is 1. The maximum absolute atomic E-state index is 13.9. The molecule has 0 radical (unpaired) electrons. The first kappa shape index (κ1) is 39.4. The van der Waals surface area contributed by atoms with Gasteiger partial charge in [0.05, 0.1) is 49.6 Å². The molecule has 0 spiro atoms. The third-order valence-corrected chi connectivity index (χ3v) is 10.5. The van der Waals surface area contributed by atoms with Crippen molar-refractivity contribution in [2.45, 2.75) is 50.3 Å². The van der Waals surface area contributed by atoms with E-state index < -0.39 is 18.1 Å². The molecule has 3 aliphatic rings. The van der Waals surface area contributed by atoms with Crippen molar-refractivity contribution >= 4 is 17.3 Å². The molecule has 4 unspecified atom stereocenters. The van der Waals surface area contributed by atoms with E-state index in [0.29, 0.717) is 36.6 Å². The van der Waals surface area contributed by atoms with E-state index in [9.17, 15) is 14.3 Å². The second-order valence-corrected chi connectivity index (χ2v) is 14.4. The lowest BCUT2D eigenvalue weighted by atomic mass is 9.84. The third-order valence-electron chi connectivity index (χ3n) is 10.5. The van der Waals surface area contributed by atoms with Gasteiger partial charge in [-0.15, -0.1) is 0 Å². The maximum atomic E-state index is 13.9. The van der Waals surface area contributed by atoms with Gasteiger partial charge in [0.25, 0.3) is 5.91 Å². The van der Waals surface area contributed by atoms with Crippen LogP contribution in [0.5, 0.6) is 11.5 Å². The number of benzene rings is 4. The first-order valence-electron chi connectivity index (χ1n) is 19.0. The zero-order valence-electron chi connectivity index (χ0n) is 31.4. The lowest BCUT2D eigenvalue weighted by molar-refractivity contribution is -0.497. The van der Waals surface area contributed by atoms with Crippen LogP contribution in [0.2, 0.25) is 0 Å². The summed E-state index contributed by atoms with van der Waals surface area (Å²) in [6, 6.07) is 27.0. The largest absolute Gasteiger partial charge is 0.490 e. The highest BCUT2D eigenvalue weighted by Crippen LogP contribution is 2.36. The number of carbonyl (C=O) groups excluding carboxylic acids is 1. The minimum absolute atomic E-state index is 0.0609. The number of aliphatic hydroxyl groups excluding tert-OH is 1. The van der Waals surface area contributed by atoms with Crippen molar-refractivity contribution in [1.29, 1.82) is 0 Å². The van der Waals surface area contributed by atoms with Crippen LogP contribution in [-0.2, 0) is 27.5 Å². The summed E-state index contributed by atoms with van der Waals surface area (Å²) in [7, 11) is 1.70. The second-order valence-electron chi connectivity index (χ2n) is 14.4. The number of β-amino-alcohol motifs (C(OH)–C–C–N with tert-alkyl or cyclic N) is 1. The van der Waals surface area contributed by atoms with E-state index in [1.54, 1.807) is 42.3 Å². The molecule has 1 amide bonds. The minimum atomic E-state index is -0.948. The maximum Gasteiger partial charge on any atom is 0.254 e. The van der Waals surface area contributed by atoms with Gasteiger partial charge in [-0.2, -0.15) is 0 Å². The van der Waals surface area contributed by atoms with Gasteiger partial charge in [-0.1, -0.05) is 36.4 Å². The molecule has 0 bridgehead atoms. The van der Waals surface area contributed by atoms with Gasteiger partial charge in [-0.05, 0) is 77.7 Å². The monoisotopic (exact) mass is 772 g/mol. The standard InChI is InChI=1S/C42H49FN4O9/c1-52-19-4-16-44-18-20-53-39-14-9-30(22-37(39)44)27-54-40-26-46(42(49)32-6-2-5-29(21-32)28-55-47(50)51)25-38(48)41(40)31-10-12-35(13-11-31)56-36-15-17-45(24-36)34-8-3-7-33(43)23-34/h2-3,5-14,21-23,36,38,40-41,48,50-51H,4,15-20,24-28H2,1H3.